The first-order valence-corrected chi connectivity index (χ1v) is 29.0. The molecule has 16 heteroatoms. The molecular weight excluding hydrogens is 965 g/mol. The van der Waals surface area contributed by atoms with Crippen LogP contribution >= 0.6 is 0 Å². The maximum atomic E-state index is 13.8. The molecule has 414 valence electrons. The van der Waals surface area contributed by atoms with Crippen molar-refractivity contribution in [2.24, 2.45) is 11.8 Å². The number of nitrogens with one attached hydrogen (secondary N) is 2. The summed E-state index contributed by atoms with van der Waals surface area (Å²) in [5.41, 5.74) is 1.25. The minimum atomic E-state index is -0.955. The monoisotopic (exact) mass is 1050 g/mol. The Morgan fingerprint density at radius 1 is 0.500 bits per heavy atom. The van der Waals surface area contributed by atoms with Crippen molar-refractivity contribution in [3.63, 3.8) is 0 Å². The molecule has 4 fully saturated rings. The number of amides is 2. The molecule has 2 saturated carbocycles. The third-order valence-corrected chi connectivity index (χ3v) is 16.2. The number of carbonyl (C=O) groups is 4. The van der Waals surface area contributed by atoms with Crippen LogP contribution in [0, 0.1) is 11.8 Å². The van der Waals surface area contributed by atoms with Crippen LogP contribution in [0.25, 0.3) is 21.8 Å². The van der Waals surface area contributed by atoms with E-state index in [2.05, 4.69) is 29.6 Å². The van der Waals surface area contributed by atoms with E-state index in [1.807, 2.05) is 36.4 Å². The highest BCUT2D eigenvalue weighted by atomic mass is 16.6. The molecule has 0 spiro atoms. The van der Waals surface area contributed by atoms with Crippen LogP contribution in [0.5, 0.6) is 11.5 Å². The normalized spacial score (nSPS) is 19.4. The fraction of sp³-hybridized carbons (Fsp3) is 0.633. The predicted molar refractivity (Wildman–Crippen MR) is 294 cm³/mol. The fourth-order valence-corrected chi connectivity index (χ4v) is 11.7. The summed E-state index contributed by atoms with van der Waals surface area (Å²) in [4.78, 5) is 91.4. The number of unbranched alkanes of at least 4 members (excludes halogenated alkanes) is 2. The summed E-state index contributed by atoms with van der Waals surface area (Å²) in [6.07, 6.45) is 21.2. The Morgan fingerprint density at radius 2 is 0.908 bits per heavy atom. The van der Waals surface area contributed by atoms with Gasteiger partial charge in [-0.1, -0.05) is 64.2 Å². The number of benzene rings is 2. The van der Waals surface area contributed by atoms with Crippen LogP contribution in [0.4, 0.5) is 0 Å². The average Bonchev–Trinajstić information content (AvgIpc) is 4.06. The van der Waals surface area contributed by atoms with E-state index in [9.17, 15) is 28.8 Å². The third kappa shape index (κ3) is 18.2. The van der Waals surface area contributed by atoms with E-state index in [1.54, 1.807) is 12.1 Å². The van der Waals surface area contributed by atoms with Gasteiger partial charge in [-0.2, -0.15) is 0 Å². The molecule has 16 nitrogen and oxygen atoms in total. The van der Waals surface area contributed by atoms with Crippen molar-refractivity contribution in [1.29, 1.82) is 0 Å². The molecule has 0 bridgehead atoms. The number of hydrogen-bond donors (Lipinski definition) is 2. The molecule has 2 N–H and O–H groups in total. The molecule has 4 aromatic rings. The first-order chi connectivity index (χ1) is 37.1. The first-order valence-electron chi connectivity index (χ1n) is 29.0. The van der Waals surface area contributed by atoms with Gasteiger partial charge in [-0.25, -0.2) is 9.59 Å². The number of fused-ring (bicyclic) bond motifs is 2. The van der Waals surface area contributed by atoms with Crippen molar-refractivity contribution < 1.29 is 38.1 Å². The summed E-state index contributed by atoms with van der Waals surface area (Å²) in [6.45, 7) is 7.50. The number of carbonyl (C=O) groups excluding carboxylic acids is 4. The smallest absolute Gasteiger partial charge is 0.417 e. The molecule has 8 rings (SSSR count). The second-order valence-electron chi connectivity index (χ2n) is 22.1. The van der Waals surface area contributed by atoms with E-state index in [1.165, 1.54) is 76.3 Å². The van der Waals surface area contributed by atoms with E-state index in [-0.39, 0.29) is 22.9 Å². The van der Waals surface area contributed by atoms with Gasteiger partial charge in [0.1, 0.15) is 23.7 Å². The van der Waals surface area contributed by atoms with Crippen LogP contribution in [0.1, 0.15) is 141 Å². The van der Waals surface area contributed by atoms with Crippen LogP contribution in [0.3, 0.4) is 0 Å². The average molecular weight is 1050 g/mol. The Labute approximate surface area is 448 Å². The second kappa shape index (κ2) is 29.7. The van der Waals surface area contributed by atoms with E-state index in [4.69, 9.17) is 18.9 Å². The zero-order valence-electron chi connectivity index (χ0n) is 45.0. The number of hydrogen-bond acceptors (Lipinski definition) is 12. The number of aromatic nitrogens is 2. The highest BCUT2D eigenvalue weighted by molar-refractivity contribution is 6.29. The Bertz CT molecular complexity index is 2430. The molecule has 2 aromatic carbocycles. The molecule has 2 atom stereocenters. The number of likely N-dealkylation sites (tertiary alicyclic amines) is 2. The number of pyridine rings is 2. The summed E-state index contributed by atoms with van der Waals surface area (Å²) in [6, 6.07) is 17.8. The van der Waals surface area contributed by atoms with Crippen LogP contribution in [-0.4, -0.2) is 144 Å². The lowest BCUT2D eigenvalue weighted by molar-refractivity contribution is -0.173. The maximum absolute atomic E-state index is 13.8. The number of esters is 2. The van der Waals surface area contributed by atoms with Crippen molar-refractivity contribution >= 4 is 45.6 Å². The Morgan fingerprint density at radius 3 is 1.33 bits per heavy atom. The molecular formula is C60H84N6O10. The second-order valence-corrected chi connectivity index (χ2v) is 22.1. The van der Waals surface area contributed by atoms with E-state index >= 15 is 0 Å². The number of H-pyrrole nitrogens is 2. The molecule has 2 saturated heterocycles. The van der Waals surface area contributed by atoms with Crippen LogP contribution < -0.4 is 20.6 Å². The van der Waals surface area contributed by atoms with Gasteiger partial charge in [-0.15, -0.1) is 0 Å². The summed E-state index contributed by atoms with van der Waals surface area (Å²) >= 11 is 0. The molecule has 0 radical (unpaired) electrons. The fourth-order valence-electron chi connectivity index (χ4n) is 11.7. The van der Waals surface area contributed by atoms with Gasteiger partial charge in [0.2, 0.25) is 22.9 Å². The van der Waals surface area contributed by atoms with Crippen molar-refractivity contribution in [3.05, 3.63) is 81.4 Å². The lowest BCUT2D eigenvalue weighted by Gasteiger charge is -2.30. The largest absolute Gasteiger partial charge is 0.494 e. The van der Waals surface area contributed by atoms with Gasteiger partial charge in [-0.3, -0.25) is 29.0 Å². The lowest BCUT2D eigenvalue weighted by atomic mass is 9.90. The number of nitrogens with zero attached hydrogens (tertiary/aromatic N) is 4. The van der Waals surface area contributed by atoms with E-state index in [0.29, 0.717) is 103 Å². The third-order valence-electron chi connectivity index (χ3n) is 16.2. The lowest BCUT2D eigenvalue weighted by Crippen LogP contribution is -2.41. The van der Waals surface area contributed by atoms with Crippen LogP contribution in [0.15, 0.2) is 70.3 Å². The molecule has 4 heterocycles. The van der Waals surface area contributed by atoms with Crippen molar-refractivity contribution in [1.82, 2.24) is 29.6 Å². The summed E-state index contributed by atoms with van der Waals surface area (Å²) in [5, 5.41) is 1.81. The maximum Gasteiger partial charge on any atom is 0.417 e. The van der Waals surface area contributed by atoms with Gasteiger partial charge in [0.25, 0.3) is 0 Å². The van der Waals surface area contributed by atoms with E-state index in [0.717, 1.165) is 97.8 Å². The summed E-state index contributed by atoms with van der Waals surface area (Å²) < 4.78 is 23.5. The molecule has 4 aliphatic rings. The number of rotatable bonds is 24. The van der Waals surface area contributed by atoms with Gasteiger partial charge in [-0.05, 0) is 125 Å². The van der Waals surface area contributed by atoms with Crippen LogP contribution in [0.2, 0.25) is 0 Å². The van der Waals surface area contributed by atoms with Gasteiger partial charge in [0.15, 0.2) is 0 Å². The molecule has 2 amide bonds. The topological polar surface area (TPSA) is 184 Å². The molecule has 2 aromatic heterocycles. The minimum Gasteiger partial charge on any atom is -0.494 e. The standard InChI is InChI=1S/C60H84N6O10/c67-55-27-21-47-39-49(23-25-53(47)61-55)73-37-13-11-19-57(69)65(41-45-15-7-3-1-4-8-16-45)35-33-63-31-29-51(43-63)75-59(71)60(72)76-52-30-32-64(44-52)34-36-66(42-46-17-9-5-2-6-10-18-46)58(70)20-12-14-38-74-50-24-26-54-48(40-50)22-28-56(68)62-54/h21-28,39-40,45-46,51-52H,1-20,29-38,41-44H2,(H,61,67)(H,62,68). The van der Waals surface area contributed by atoms with Crippen molar-refractivity contribution in [2.45, 2.75) is 153 Å². The highest BCUT2D eigenvalue weighted by Gasteiger charge is 2.33. The zero-order chi connectivity index (χ0) is 52.9. The number of ether oxygens (including phenoxy) is 4. The molecule has 2 aliphatic carbocycles. The van der Waals surface area contributed by atoms with Gasteiger partial charge in [0.05, 0.1) is 13.2 Å². The highest BCUT2D eigenvalue weighted by Crippen LogP contribution is 2.27. The molecule has 2 unspecified atom stereocenters. The summed E-state index contributed by atoms with van der Waals surface area (Å²) in [5.74, 6) is 0.870. The quantitative estimate of drug-likeness (QED) is 0.0387. The SMILES string of the molecule is O=C(OC1CCN(CCN(CC2CCCCCCC2)C(=O)CCCCOc2ccc3[nH]c(=O)ccc3c2)C1)C(=O)OC1CCN(CCN(CC2CCCCCCC2)C(=O)CCCCOc2ccc3[nH]c(=O)ccc3c2)C1. The minimum absolute atomic E-state index is 0.138. The Hall–Kier alpha value is -5.74. The van der Waals surface area contributed by atoms with Crippen molar-refractivity contribution in [2.75, 3.05) is 78.7 Å². The number of aromatic amines is 2. The summed E-state index contributed by atoms with van der Waals surface area (Å²) in [7, 11) is 0. The zero-order valence-corrected chi connectivity index (χ0v) is 45.0. The van der Waals surface area contributed by atoms with Gasteiger partial charge >= 0.3 is 11.9 Å². The predicted octanol–water partition coefficient (Wildman–Crippen LogP) is 8.78. The Balaban J connectivity index is 0.740. The Kier molecular flexibility index (Phi) is 22.1. The molecule has 76 heavy (non-hydrogen) atoms. The molecule has 2 aliphatic heterocycles. The van der Waals surface area contributed by atoms with Crippen LogP contribution in [-0.2, 0) is 28.7 Å². The van der Waals surface area contributed by atoms with Crippen molar-refractivity contribution in [3.8, 4) is 11.5 Å². The van der Waals surface area contributed by atoms with E-state index < -0.39 is 24.1 Å². The van der Waals surface area contributed by atoms with Gasteiger partial charge in [0, 0.05) is 112 Å². The first kappa shape index (κ1) is 56.5. The van der Waals surface area contributed by atoms with Gasteiger partial charge < -0.3 is 38.7 Å².